The van der Waals surface area contributed by atoms with Crippen LogP contribution in [0.3, 0.4) is 0 Å². The molecule has 2 atom stereocenters. The summed E-state index contributed by atoms with van der Waals surface area (Å²) in [4.78, 5) is 17.3. The third-order valence-corrected chi connectivity index (χ3v) is 4.94. The third kappa shape index (κ3) is 2.37. The molecule has 1 N–H and O–H groups in total. The molecule has 0 spiro atoms. The highest BCUT2D eigenvalue weighted by Gasteiger charge is 2.38. The first kappa shape index (κ1) is 14.5. The van der Waals surface area contributed by atoms with E-state index < -0.39 is 0 Å². The number of fused-ring (bicyclic) bond motifs is 1. The molecule has 0 fully saturated rings. The number of anilines is 1. The van der Waals surface area contributed by atoms with E-state index in [1.165, 1.54) is 11.8 Å². The van der Waals surface area contributed by atoms with Gasteiger partial charge in [0.05, 0.1) is 0 Å². The Morgan fingerprint density at radius 2 is 2.04 bits per heavy atom. The second-order valence-corrected chi connectivity index (χ2v) is 6.91. The van der Waals surface area contributed by atoms with E-state index in [9.17, 15) is 4.79 Å². The van der Waals surface area contributed by atoms with Crippen molar-refractivity contribution in [3.63, 3.8) is 0 Å². The van der Waals surface area contributed by atoms with Gasteiger partial charge < -0.3 is 5.32 Å². The standard InChI is InChI=1S/C17H18N4OS/c1-10-8-12-14(13(22)9-10)15(11-6-4-3-5-7-11)21-16(18-12)19-17(20-21)23-2/h3-7,10,15H,8-9H2,1-2H3,(H,18,19,20)/t10-,15+/m0/s1. The minimum Gasteiger partial charge on any atom is -0.328 e. The minimum absolute atomic E-state index is 0.184. The van der Waals surface area contributed by atoms with Crippen LogP contribution in [0.1, 0.15) is 31.4 Å². The SMILES string of the molecule is CSc1nc2n(n1)[C@H](c1ccccc1)C1=C(C[C@H](C)CC1=O)N2. The van der Waals surface area contributed by atoms with Crippen LogP contribution in [0.25, 0.3) is 0 Å². The van der Waals surface area contributed by atoms with Gasteiger partial charge in [-0.2, -0.15) is 4.98 Å². The van der Waals surface area contributed by atoms with Crippen molar-refractivity contribution in [3.8, 4) is 0 Å². The zero-order valence-electron chi connectivity index (χ0n) is 13.1. The normalized spacial score (nSPS) is 23.3. The molecule has 1 aromatic carbocycles. The van der Waals surface area contributed by atoms with Gasteiger partial charge in [-0.3, -0.25) is 4.79 Å². The molecule has 2 heterocycles. The van der Waals surface area contributed by atoms with Crippen LogP contribution in [-0.2, 0) is 4.79 Å². The van der Waals surface area contributed by atoms with Crippen molar-refractivity contribution >= 4 is 23.5 Å². The molecule has 6 heteroatoms. The number of carbonyl (C=O) groups is 1. The van der Waals surface area contributed by atoms with Gasteiger partial charge in [0.2, 0.25) is 11.1 Å². The number of Topliss-reactive ketones (excluding diaryl/α,β-unsaturated/α-hetero) is 1. The van der Waals surface area contributed by atoms with Gasteiger partial charge in [0.15, 0.2) is 5.78 Å². The Bertz CT molecular complexity index is 796. The molecule has 0 unspecified atom stereocenters. The zero-order chi connectivity index (χ0) is 16.0. The van der Waals surface area contributed by atoms with Crippen LogP contribution in [0.4, 0.5) is 5.95 Å². The second-order valence-electron chi connectivity index (χ2n) is 6.13. The summed E-state index contributed by atoms with van der Waals surface area (Å²) in [5, 5.41) is 8.66. The highest BCUT2D eigenvalue weighted by atomic mass is 32.2. The fourth-order valence-electron chi connectivity index (χ4n) is 3.42. The predicted molar refractivity (Wildman–Crippen MR) is 90.4 cm³/mol. The number of nitrogens with one attached hydrogen (secondary N) is 1. The lowest BCUT2D eigenvalue weighted by Gasteiger charge is -2.34. The van der Waals surface area contributed by atoms with E-state index >= 15 is 0 Å². The van der Waals surface area contributed by atoms with Crippen LogP contribution in [0, 0.1) is 5.92 Å². The third-order valence-electron chi connectivity index (χ3n) is 4.40. The first-order valence-corrected chi connectivity index (χ1v) is 8.98. The van der Waals surface area contributed by atoms with Crippen LogP contribution in [0.5, 0.6) is 0 Å². The zero-order valence-corrected chi connectivity index (χ0v) is 13.9. The number of aromatic nitrogens is 3. The largest absolute Gasteiger partial charge is 0.328 e. The number of allylic oxidation sites excluding steroid dienone is 2. The maximum Gasteiger partial charge on any atom is 0.227 e. The summed E-state index contributed by atoms with van der Waals surface area (Å²) in [6.45, 7) is 2.12. The molecule has 2 aromatic rings. The Labute approximate surface area is 139 Å². The van der Waals surface area contributed by atoms with Crippen molar-refractivity contribution in [1.29, 1.82) is 0 Å². The van der Waals surface area contributed by atoms with Crippen LogP contribution < -0.4 is 5.32 Å². The molecule has 1 aromatic heterocycles. The quantitative estimate of drug-likeness (QED) is 0.858. The van der Waals surface area contributed by atoms with Crippen LogP contribution >= 0.6 is 11.8 Å². The summed E-state index contributed by atoms with van der Waals surface area (Å²) in [6.07, 6.45) is 3.44. The van der Waals surface area contributed by atoms with E-state index in [4.69, 9.17) is 0 Å². The van der Waals surface area contributed by atoms with Gasteiger partial charge in [-0.05, 0) is 24.2 Å². The summed E-state index contributed by atoms with van der Waals surface area (Å²) in [6, 6.07) is 9.90. The molecular weight excluding hydrogens is 308 g/mol. The molecular formula is C17H18N4OS. The molecule has 1 aliphatic carbocycles. The van der Waals surface area contributed by atoms with Gasteiger partial charge in [0.25, 0.3) is 0 Å². The molecule has 1 aliphatic heterocycles. The molecule has 0 radical (unpaired) electrons. The topological polar surface area (TPSA) is 59.8 Å². The monoisotopic (exact) mass is 326 g/mol. The number of carbonyl (C=O) groups excluding carboxylic acids is 1. The van der Waals surface area contributed by atoms with Gasteiger partial charge in [0.1, 0.15) is 6.04 Å². The average Bonchev–Trinajstić information content (AvgIpc) is 2.96. The number of nitrogens with zero attached hydrogens (tertiary/aromatic N) is 3. The summed E-state index contributed by atoms with van der Waals surface area (Å²) >= 11 is 1.51. The number of hydrogen-bond donors (Lipinski definition) is 1. The number of thioether (sulfide) groups is 1. The predicted octanol–water partition coefficient (Wildman–Crippen LogP) is 3.27. The highest BCUT2D eigenvalue weighted by Crippen LogP contribution is 2.41. The molecule has 5 nitrogen and oxygen atoms in total. The van der Waals surface area contributed by atoms with E-state index in [1.54, 1.807) is 0 Å². The maximum absolute atomic E-state index is 12.7. The molecule has 118 valence electrons. The fraction of sp³-hybridized carbons (Fsp3) is 0.353. The first-order valence-electron chi connectivity index (χ1n) is 7.76. The molecule has 0 saturated heterocycles. The fourth-order valence-corrected chi connectivity index (χ4v) is 3.76. The van der Waals surface area contributed by atoms with Crippen LogP contribution in [-0.4, -0.2) is 26.8 Å². The van der Waals surface area contributed by atoms with Gasteiger partial charge in [-0.25, -0.2) is 4.68 Å². The molecule has 0 bridgehead atoms. The highest BCUT2D eigenvalue weighted by molar-refractivity contribution is 7.98. The van der Waals surface area contributed by atoms with E-state index in [0.717, 1.165) is 29.2 Å². The lowest BCUT2D eigenvalue weighted by molar-refractivity contribution is -0.117. The van der Waals surface area contributed by atoms with Crippen molar-refractivity contribution in [2.24, 2.45) is 5.92 Å². The smallest absolute Gasteiger partial charge is 0.227 e. The van der Waals surface area contributed by atoms with E-state index in [-0.39, 0.29) is 11.8 Å². The average molecular weight is 326 g/mol. The molecule has 2 aliphatic rings. The van der Waals surface area contributed by atoms with Crippen molar-refractivity contribution in [2.45, 2.75) is 31.0 Å². The molecule has 4 rings (SSSR count). The Hall–Kier alpha value is -2.08. The van der Waals surface area contributed by atoms with Crippen molar-refractivity contribution < 1.29 is 4.79 Å². The van der Waals surface area contributed by atoms with Crippen molar-refractivity contribution in [2.75, 3.05) is 11.6 Å². The Balaban J connectivity index is 1.91. The Morgan fingerprint density at radius 3 is 2.78 bits per heavy atom. The summed E-state index contributed by atoms with van der Waals surface area (Å²) in [7, 11) is 0. The van der Waals surface area contributed by atoms with Crippen molar-refractivity contribution in [3.05, 3.63) is 47.2 Å². The van der Waals surface area contributed by atoms with Crippen molar-refractivity contribution in [1.82, 2.24) is 14.8 Å². The van der Waals surface area contributed by atoms with Gasteiger partial charge >= 0.3 is 0 Å². The number of rotatable bonds is 2. The lowest BCUT2D eigenvalue weighted by atomic mass is 9.81. The maximum atomic E-state index is 12.7. The molecule has 0 amide bonds. The first-order chi connectivity index (χ1) is 11.2. The Kier molecular flexibility index (Phi) is 3.49. The lowest BCUT2D eigenvalue weighted by Crippen LogP contribution is -2.33. The number of hydrogen-bond acceptors (Lipinski definition) is 5. The molecule has 0 saturated carbocycles. The minimum atomic E-state index is -0.184. The second kappa shape index (κ2) is 5.53. The number of benzene rings is 1. The van der Waals surface area contributed by atoms with E-state index in [1.807, 2.05) is 29.1 Å². The summed E-state index contributed by atoms with van der Waals surface area (Å²) in [5.41, 5.74) is 2.93. The summed E-state index contributed by atoms with van der Waals surface area (Å²) in [5.74, 6) is 1.30. The van der Waals surface area contributed by atoms with Gasteiger partial charge in [-0.15, -0.1) is 5.10 Å². The summed E-state index contributed by atoms with van der Waals surface area (Å²) < 4.78 is 1.86. The van der Waals surface area contributed by atoms with E-state index in [2.05, 4.69) is 34.5 Å². The number of ketones is 1. The van der Waals surface area contributed by atoms with Crippen LogP contribution in [0.15, 0.2) is 46.8 Å². The van der Waals surface area contributed by atoms with E-state index in [0.29, 0.717) is 17.5 Å². The Morgan fingerprint density at radius 1 is 1.26 bits per heavy atom. The van der Waals surface area contributed by atoms with Gasteiger partial charge in [0, 0.05) is 17.7 Å². The van der Waals surface area contributed by atoms with Crippen LogP contribution in [0.2, 0.25) is 0 Å². The molecule has 23 heavy (non-hydrogen) atoms. The van der Waals surface area contributed by atoms with Gasteiger partial charge in [-0.1, -0.05) is 49.0 Å².